The van der Waals surface area contributed by atoms with Crippen molar-refractivity contribution >= 4 is 50.1 Å². The molecule has 1 N–H and O–H groups in total. The summed E-state index contributed by atoms with van der Waals surface area (Å²) in [4.78, 5) is 29.9. The van der Waals surface area contributed by atoms with Crippen molar-refractivity contribution in [3.8, 4) is 11.5 Å². The van der Waals surface area contributed by atoms with Crippen molar-refractivity contribution in [3.63, 3.8) is 0 Å². The number of nitrogens with zero attached hydrogens (tertiary/aromatic N) is 1. The summed E-state index contributed by atoms with van der Waals surface area (Å²) in [7, 11) is -3.50. The number of benzene rings is 4. The van der Waals surface area contributed by atoms with Crippen LogP contribution in [0.1, 0.15) is 35.2 Å². The average molecular weight is 663 g/mol. The summed E-state index contributed by atoms with van der Waals surface area (Å²) in [6.45, 7) is 1.61. The van der Waals surface area contributed by atoms with Crippen molar-refractivity contribution in [1.82, 2.24) is 4.98 Å². The molecule has 1 amide bonds. The summed E-state index contributed by atoms with van der Waals surface area (Å²) in [5.41, 5.74) is 2.76. The van der Waals surface area contributed by atoms with Gasteiger partial charge in [0, 0.05) is 10.6 Å². The van der Waals surface area contributed by atoms with Gasteiger partial charge in [-0.15, -0.1) is 0 Å². The van der Waals surface area contributed by atoms with Gasteiger partial charge in [-0.1, -0.05) is 35.9 Å². The number of carbonyl (C=O) groups is 2. The molecule has 1 heterocycles. The molecule has 5 aromatic rings. The Morgan fingerprint density at radius 2 is 1.74 bits per heavy atom. The monoisotopic (exact) mass is 662 g/mol. The average Bonchev–Trinajstić information content (AvgIpc) is 3.47. The van der Waals surface area contributed by atoms with Crippen LogP contribution < -0.4 is 14.8 Å². The molecule has 0 unspecified atom stereocenters. The number of para-hydroxylation sites is 2. The Balaban J connectivity index is 1.27. The SMILES string of the molecule is CCOC(=O)COc1ccc(CCCS(=O)(=O)c2ccc(Cl)cc2)cc1NC(=O)c1cccc(OCc2nc3ccccc3o2)c1. The lowest BCUT2D eigenvalue weighted by Gasteiger charge is -2.15. The molecule has 10 nitrogen and oxygen atoms in total. The van der Waals surface area contributed by atoms with Crippen molar-refractivity contribution in [3.05, 3.63) is 113 Å². The third-order valence-electron chi connectivity index (χ3n) is 6.79. The number of ether oxygens (including phenoxy) is 3. The van der Waals surface area contributed by atoms with Crippen LogP contribution in [0, 0.1) is 0 Å². The van der Waals surface area contributed by atoms with Gasteiger partial charge in [0.25, 0.3) is 5.91 Å². The molecule has 0 atom stereocenters. The van der Waals surface area contributed by atoms with Crippen LogP contribution in [0.25, 0.3) is 11.1 Å². The minimum atomic E-state index is -3.50. The van der Waals surface area contributed by atoms with Crippen LogP contribution in [0.4, 0.5) is 5.69 Å². The molecule has 0 aliphatic carbocycles. The third kappa shape index (κ3) is 8.64. The fourth-order valence-corrected chi connectivity index (χ4v) is 6.01. The van der Waals surface area contributed by atoms with Crippen LogP contribution in [-0.4, -0.2) is 44.2 Å². The molecule has 46 heavy (non-hydrogen) atoms. The zero-order valence-electron chi connectivity index (χ0n) is 24.9. The topological polar surface area (TPSA) is 134 Å². The number of anilines is 1. The van der Waals surface area contributed by atoms with Gasteiger partial charge in [0.15, 0.2) is 28.6 Å². The number of aryl methyl sites for hydroxylation is 1. The Morgan fingerprint density at radius 1 is 0.935 bits per heavy atom. The number of esters is 1. The summed E-state index contributed by atoms with van der Waals surface area (Å²) in [6.07, 6.45) is 0.744. The molecule has 0 fully saturated rings. The summed E-state index contributed by atoms with van der Waals surface area (Å²) in [6, 6.07) is 25.1. The second-order valence-electron chi connectivity index (χ2n) is 10.1. The molecule has 0 radical (unpaired) electrons. The predicted octanol–water partition coefficient (Wildman–Crippen LogP) is 6.66. The highest BCUT2D eigenvalue weighted by molar-refractivity contribution is 7.91. The summed E-state index contributed by atoms with van der Waals surface area (Å²) in [5.74, 6) is 0.00742. The number of fused-ring (bicyclic) bond motifs is 1. The number of nitrogens with one attached hydrogen (secondary N) is 1. The summed E-state index contributed by atoms with van der Waals surface area (Å²) in [5, 5.41) is 3.30. The van der Waals surface area contributed by atoms with Crippen LogP contribution >= 0.6 is 11.6 Å². The van der Waals surface area contributed by atoms with Crippen molar-refractivity contribution in [2.75, 3.05) is 24.3 Å². The highest BCUT2D eigenvalue weighted by Crippen LogP contribution is 2.28. The van der Waals surface area contributed by atoms with Gasteiger partial charge < -0.3 is 23.9 Å². The Bertz CT molecular complexity index is 1910. The first-order chi connectivity index (χ1) is 22.2. The Morgan fingerprint density at radius 3 is 2.52 bits per heavy atom. The van der Waals surface area contributed by atoms with Gasteiger partial charge >= 0.3 is 5.97 Å². The van der Waals surface area contributed by atoms with Gasteiger partial charge in [0.05, 0.1) is 22.9 Å². The van der Waals surface area contributed by atoms with Crippen molar-refractivity contribution < 1.29 is 36.6 Å². The lowest BCUT2D eigenvalue weighted by atomic mass is 10.1. The summed E-state index contributed by atoms with van der Waals surface area (Å²) >= 11 is 5.89. The Hall–Kier alpha value is -4.87. The van der Waals surface area contributed by atoms with E-state index in [9.17, 15) is 18.0 Å². The fraction of sp³-hybridized carbons (Fsp3) is 0.206. The minimum Gasteiger partial charge on any atom is -0.484 e. The molecule has 0 bridgehead atoms. The number of carbonyl (C=O) groups excluding carboxylic acids is 2. The smallest absolute Gasteiger partial charge is 0.344 e. The van der Waals surface area contributed by atoms with E-state index in [2.05, 4.69) is 10.3 Å². The number of halogens is 1. The van der Waals surface area contributed by atoms with E-state index in [0.717, 1.165) is 11.1 Å². The highest BCUT2D eigenvalue weighted by Gasteiger charge is 2.17. The van der Waals surface area contributed by atoms with Crippen molar-refractivity contribution in [2.45, 2.75) is 31.3 Å². The number of rotatable bonds is 14. The maximum Gasteiger partial charge on any atom is 0.344 e. The molecule has 5 rings (SSSR count). The fourth-order valence-electron chi connectivity index (χ4n) is 4.57. The third-order valence-corrected chi connectivity index (χ3v) is 8.86. The Labute approximate surface area is 271 Å². The van der Waals surface area contributed by atoms with Crippen molar-refractivity contribution in [2.24, 2.45) is 0 Å². The van der Waals surface area contributed by atoms with Gasteiger partial charge in [-0.2, -0.15) is 0 Å². The first kappa shape index (κ1) is 32.5. The zero-order chi connectivity index (χ0) is 32.5. The van der Waals surface area contributed by atoms with Crippen molar-refractivity contribution in [1.29, 1.82) is 0 Å². The van der Waals surface area contributed by atoms with Gasteiger partial charge in [-0.25, -0.2) is 18.2 Å². The molecular formula is C34H31ClN2O8S. The van der Waals surface area contributed by atoms with E-state index in [4.69, 9.17) is 30.2 Å². The standard InChI is InChI=1S/C34H31ClN2O8S/c1-2-42-33(38)22-44-30-17-12-23(7-6-18-46(40,41)27-15-13-25(35)14-16-27)19-29(30)37-34(39)24-8-5-9-26(20-24)43-21-32-36-28-10-3-4-11-31(28)45-32/h3-5,8-17,19-20H,2,6-7,18,21-22H2,1H3,(H,37,39). The largest absolute Gasteiger partial charge is 0.484 e. The number of sulfone groups is 1. The van der Waals surface area contributed by atoms with E-state index < -0.39 is 21.7 Å². The quantitative estimate of drug-likeness (QED) is 0.130. The number of oxazole rings is 1. The van der Waals surface area contributed by atoms with E-state index in [1.165, 1.54) is 24.3 Å². The number of amides is 1. The normalized spacial score (nSPS) is 11.3. The molecule has 0 saturated carbocycles. The van der Waals surface area contributed by atoms with Crippen LogP contribution in [-0.2, 0) is 32.4 Å². The second kappa shape index (κ2) is 14.9. The van der Waals surface area contributed by atoms with E-state index in [0.29, 0.717) is 46.3 Å². The van der Waals surface area contributed by atoms with Gasteiger partial charge in [-0.3, -0.25) is 4.79 Å². The van der Waals surface area contributed by atoms with Gasteiger partial charge in [-0.05, 0) is 92.1 Å². The molecule has 1 aromatic heterocycles. The molecule has 0 aliphatic heterocycles. The van der Waals surface area contributed by atoms with E-state index in [1.54, 1.807) is 49.4 Å². The molecule has 0 saturated heterocycles. The van der Waals surface area contributed by atoms with Gasteiger partial charge in [0.2, 0.25) is 5.89 Å². The Kier molecular flexibility index (Phi) is 10.6. The molecular weight excluding hydrogens is 632 g/mol. The number of hydrogen-bond donors (Lipinski definition) is 1. The predicted molar refractivity (Wildman–Crippen MR) is 173 cm³/mol. The van der Waals surface area contributed by atoms with Crippen LogP contribution in [0.3, 0.4) is 0 Å². The molecule has 0 aliphatic rings. The van der Waals surface area contributed by atoms with Crippen LogP contribution in [0.5, 0.6) is 11.5 Å². The van der Waals surface area contributed by atoms with E-state index in [-0.39, 0.29) is 36.2 Å². The van der Waals surface area contributed by atoms with Crippen LogP contribution in [0.15, 0.2) is 100 Å². The maximum absolute atomic E-state index is 13.4. The molecule has 4 aromatic carbocycles. The highest BCUT2D eigenvalue weighted by atomic mass is 35.5. The first-order valence-corrected chi connectivity index (χ1v) is 16.5. The van der Waals surface area contributed by atoms with E-state index >= 15 is 0 Å². The molecule has 238 valence electrons. The molecule has 0 spiro atoms. The zero-order valence-corrected chi connectivity index (χ0v) is 26.5. The van der Waals surface area contributed by atoms with Crippen LogP contribution in [0.2, 0.25) is 5.02 Å². The van der Waals surface area contributed by atoms with E-state index in [1.807, 2.05) is 24.3 Å². The minimum absolute atomic E-state index is 0.0708. The second-order valence-corrected chi connectivity index (χ2v) is 12.7. The van der Waals surface area contributed by atoms with Gasteiger partial charge in [0.1, 0.15) is 17.0 Å². The lowest BCUT2D eigenvalue weighted by molar-refractivity contribution is -0.145. The number of aromatic nitrogens is 1. The first-order valence-electron chi connectivity index (χ1n) is 14.5. The molecule has 12 heteroatoms. The lowest BCUT2D eigenvalue weighted by Crippen LogP contribution is -2.17. The summed E-state index contributed by atoms with van der Waals surface area (Å²) < 4.78 is 47.7. The number of hydrogen-bond acceptors (Lipinski definition) is 9. The maximum atomic E-state index is 13.4.